The first-order valence-corrected chi connectivity index (χ1v) is 7.49. The largest absolute Gasteiger partial charge is 0.343 e. The SMILES string of the molecule is Ic1cc2c(s1)CCCC2NCc1ncon1. The van der Waals surface area contributed by atoms with Gasteiger partial charge in [0.05, 0.1) is 9.43 Å². The molecule has 1 atom stereocenters. The summed E-state index contributed by atoms with van der Waals surface area (Å²) in [5.74, 6) is 0.724. The van der Waals surface area contributed by atoms with Crippen molar-refractivity contribution in [3.8, 4) is 0 Å². The minimum Gasteiger partial charge on any atom is -0.343 e. The molecule has 0 fully saturated rings. The van der Waals surface area contributed by atoms with Crippen LogP contribution < -0.4 is 5.32 Å². The molecule has 0 radical (unpaired) electrons. The minimum absolute atomic E-state index is 0.442. The molecule has 2 aromatic heterocycles. The molecule has 0 amide bonds. The second-order valence-corrected chi connectivity index (χ2v) is 7.13. The van der Waals surface area contributed by atoms with E-state index in [2.05, 4.69) is 44.1 Å². The highest BCUT2D eigenvalue weighted by molar-refractivity contribution is 14.1. The Bertz CT molecular complexity index is 497. The van der Waals surface area contributed by atoms with Crippen LogP contribution in [0.25, 0.3) is 0 Å². The summed E-state index contributed by atoms with van der Waals surface area (Å²) in [6, 6.07) is 2.74. The van der Waals surface area contributed by atoms with E-state index < -0.39 is 0 Å². The normalized spacial score (nSPS) is 19.2. The minimum atomic E-state index is 0.442. The summed E-state index contributed by atoms with van der Waals surface area (Å²) in [5.41, 5.74) is 1.47. The van der Waals surface area contributed by atoms with Crippen LogP contribution in [0.4, 0.5) is 0 Å². The van der Waals surface area contributed by atoms with Gasteiger partial charge in [-0.15, -0.1) is 11.3 Å². The van der Waals surface area contributed by atoms with Crippen molar-refractivity contribution in [2.24, 2.45) is 0 Å². The Balaban J connectivity index is 1.72. The van der Waals surface area contributed by atoms with Gasteiger partial charge in [0.15, 0.2) is 5.82 Å². The van der Waals surface area contributed by atoms with Gasteiger partial charge < -0.3 is 9.84 Å². The van der Waals surface area contributed by atoms with Crippen LogP contribution >= 0.6 is 33.9 Å². The maximum atomic E-state index is 4.73. The Morgan fingerprint density at radius 1 is 1.59 bits per heavy atom. The van der Waals surface area contributed by atoms with Crippen LogP contribution in [0.5, 0.6) is 0 Å². The zero-order valence-corrected chi connectivity index (χ0v) is 12.1. The number of hydrogen-bond acceptors (Lipinski definition) is 5. The average Bonchev–Trinajstić information content (AvgIpc) is 2.93. The van der Waals surface area contributed by atoms with Crippen molar-refractivity contribution in [3.05, 3.63) is 31.6 Å². The second kappa shape index (κ2) is 5.03. The maximum Gasteiger partial charge on any atom is 0.213 e. The van der Waals surface area contributed by atoms with Crippen molar-refractivity contribution in [1.29, 1.82) is 0 Å². The molecule has 2 aromatic rings. The van der Waals surface area contributed by atoms with Gasteiger partial charge in [-0.2, -0.15) is 4.98 Å². The number of nitrogens with zero attached hydrogens (tertiary/aromatic N) is 2. The zero-order valence-electron chi connectivity index (χ0n) is 9.15. The molecule has 0 spiro atoms. The van der Waals surface area contributed by atoms with Crippen molar-refractivity contribution in [2.75, 3.05) is 0 Å². The first kappa shape index (κ1) is 11.6. The van der Waals surface area contributed by atoms with Gasteiger partial charge in [-0.3, -0.25) is 0 Å². The van der Waals surface area contributed by atoms with E-state index >= 15 is 0 Å². The lowest BCUT2D eigenvalue weighted by Crippen LogP contribution is -2.24. The van der Waals surface area contributed by atoms with Crippen LogP contribution in [0.2, 0.25) is 0 Å². The van der Waals surface area contributed by atoms with Gasteiger partial charge in [-0.25, -0.2) is 0 Å². The third kappa shape index (κ3) is 2.53. The Labute approximate surface area is 117 Å². The summed E-state index contributed by atoms with van der Waals surface area (Å²) >= 11 is 4.31. The molecule has 0 bridgehead atoms. The van der Waals surface area contributed by atoms with Gasteiger partial charge in [0.2, 0.25) is 6.39 Å². The first-order chi connectivity index (χ1) is 8.33. The highest BCUT2D eigenvalue weighted by Crippen LogP contribution is 2.36. The van der Waals surface area contributed by atoms with Crippen molar-refractivity contribution >= 4 is 33.9 Å². The van der Waals surface area contributed by atoms with E-state index in [1.807, 2.05) is 11.3 Å². The monoisotopic (exact) mass is 361 g/mol. The topological polar surface area (TPSA) is 51.0 Å². The Kier molecular flexibility index (Phi) is 3.44. The smallest absolute Gasteiger partial charge is 0.213 e. The third-order valence-corrected chi connectivity index (χ3v) is 4.97. The van der Waals surface area contributed by atoms with E-state index in [0.717, 1.165) is 5.82 Å². The second-order valence-electron chi connectivity index (χ2n) is 4.10. The van der Waals surface area contributed by atoms with E-state index in [-0.39, 0.29) is 0 Å². The summed E-state index contributed by atoms with van der Waals surface area (Å²) < 4.78 is 6.10. The first-order valence-electron chi connectivity index (χ1n) is 5.59. The fourth-order valence-electron chi connectivity index (χ4n) is 2.22. The Morgan fingerprint density at radius 3 is 3.35 bits per heavy atom. The van der Waals surface area contributed by atoms with Crippen molar-refractivity contribution in [3.63, 3.8) is 0 Å². The summed E-state index contributed by atoms with van der Waals surface area (Å²) in [7, 11) is 0. The van der Waals surface area contributed by atoms with Gasteiger partial charge in [0, 0.05) is 10.9 Å². The summed E-state index contributed by atoms with van der Waals surface area (Å²) in [6.45, 7) is 0.674. The summed E-state index contributed by atoms with van der Waals surface area (Å²) in [4.78, 5) is 5.56. The quantitative estimate of drug-likeness (QED) is 0.855. The molecule has 4 nitrogen and oxygen atoms in total. The van der Waals surface area contributed by atoms with E-state index in [4.69, 9.17) is 4.52 Å². The molecule has 1 aliphatic carbocycles. The van der Waals surface area contributed by atoms with Crippen LogP contribution in [0.15, 0.2) is 17.0 Å². The number of aryl methyl sites for hydroxylation is 1. The van der Waals surface area contributed by atoms with Crippen LogP contribution in [0, 0.1) is 2.88 Å². The molecular formula is C11H12IN3OS. The third-order valence-electron chi connectivity index (χ3n) is 3.00. The van der Waals surface area contributed by atoms with E-state index in [9.17, 15) is 0 Å². The maximum absolute atomic E-state index is 4.73. The van der Waals surface area contributed by atoms with Crippen LogP contribution in [-0.2, 0) is 13.0 Å². The number of nitrogens with one attached hydrogen (secondary N) is 1. The summed E-state index contributed by atoms with van der Waals surface area (Å²) in [6.07, 6.45) is 5.05. The highest BCUT2D eigenvalue weighted by Gasteiger charge is 2.22. The number of thiophene rings is 1. The number of aromatic nitrogens is 2. The fraction of sp³-hybridized carbons (Fsp3) is 0.455. The lowest BCUT2D eigenvalue weighted by molar-refractivity contribution is 0.399. The van der Waals surface area contributed by atoms with Crippen molar-refractivity contribution in [1.82, 2.24) is 15.5 Å². The molecule has 17 heavy (non-hydrogen) atoms. The van der Waals surface area contributed by atoms with E-state index in [1.165, 1.54) is 39.0 Å². The standard InChI is InChI=1S/C11H12IN3OS/c12-10-4-7-8(2-1-3-9(7)17-10)13-5-11-14-6-16-15-11/h4,6,8,13H,1-3,5H2. The molecule has 0 aliphatic heterocycles. The number of rotatable bonds is 3. The van der Waals surface area contributed by atoms with E-state index in [0.29, 0.717) is 12.6 Å². The molecule has 90 valence electrons. The van der Waals surface area contributed by atoms with Gasteiger partial charge in [0.25, 0.3) is 0 Å². The summed E-state index contributed by atoms with van der Waals surface area (Å²) in [5, 5.41) is 7.33. The molecule has 2 heterocycles. The molecule has 0 saturated carbocycles. The lowest BCUT2D eigenvalue weighted by Gasteiger charge is -2.23. The molecule has 0 saturated heterocycles. The molecule has 1 N–H and O–H groups in total. The van der Waals surface area contributed by atoms with Crippen molar-refractivity contribution < 1.29 is 4.52 Å². The lowest BCUT2D eigenvalue weighted by atomic mass is 9.94. The van der Waals surface area contributed by atoms with Crippen LogP contribution in [0.3, 0.4) is 0 Å². The van der Waals surface area contributed by atoms with Gasteiger partial charge >= 0.3 is 0 Å². The highest BCUT2D eigenvalue weighted by atomic mass is 127. The van der Waals surface area contributed by atoms with Crippen LogP contribution in [-0.4, -0.2) is 10.1 Å². The molecular weight excluding hydrogens is 349 g/mol. The molecule has 1 unspecified atom stereocenters. The zero-order chi connectivity index (χ0) is 11.7. The predicted octanol–water partition coefficient (Wildman–Crippen LogP) is 2.90. The predicted molar refractivity (Wildman–Crippen MR) is 73.9 cm³/mol. The van der Waals surface area contributed by atoms with E-state index in [1.54, 1.807) is 0 Å². The Morgan fingerprint density at radius 2 is 2.53 bits per heavy atom. The number of hydrogen-bond donors (Lipinski definition) is 1. The van der Waals surface area contributed by atoms with Crippen LogP contribution in [0.1, 0.15) is 35.1 Å². The van der Waals surface area contributed by atoms with Gasteiger partial charge in [-0.05, 0) is 53.5 Å². The van der Waals surface area contributed by atoms with Gasteiger partial charge in [0.1, 0.15) is 0 Å². The Hall–Kier alpha value is -0.470. The number of halogens is 1. The van der Waals surface area contributed by atoms with Gasteiger partial charge in [-0.1, -0.05) is 5.16 Å². The number of fused-ring (bicyclic) bond motifs is 1. The molecule has 6 heteroatoms. The average molecular weight is 361 g/mol. The van der Waals surface area contributed by atoms with Crippen molar-refractivity contribution in [2.45, 2.75) is 31.8 Å². The molecule has 3 rings (SSSR count). The molecule has 1 aliphatic rings. The fourth-order valence-corrected chi connectivity index (χ4v) is 4.34. The molecule has 0 aromatic carbocycles.